The third kappa shape index (κ3) is 4.18. The molecule has 1 saturated carbocycles. The first kappa shape index (κ1) is 20.7. The summed E-state index contributed by atoms with van der Waals surface area (Å²) in [7, 11) is 0. The molecule has 162 valence electrons. The Morgan fingerprint density at radius 2 is 2.00 bits per heavy atom. The summed E-state index contributed by atoms with van der Waals surface area (Å²) >= 11 is 0. The van der Waals surface area contributed by atoms with Crippen LogP contribution >= 0.6 is 0 Å². The van der Waals surface area contributed by atoms with Crippen LogP contribution in [0, 0.1) is 17.0 Å². The van der Waals surface area contributed by atoms with Gasteiger partial charge in [-0.1, -0.05) is 25.0 Å². The highest BCUT2D eigenvalue weighted by molar-refractivity contribution is 6.07. The predicted molar refractivity (Wildman–Crippen MR) is 113 cm³/mol. The summed E-state index contributed by atoms with van der Waals surface area (Å²) in [5.41, 5.74) is 0.575. The van der Waals surface area contributed by atoms with E-state index in [0.717, 1.165) is 18.5 Å². The van der Waals surface area contributed by atoms with Crippen molar-refractivity contribution in [3.05, 3.63) is 46.1 Å². The summed E-state index contributed by atoms with van der Waals surface area (Å²) in [4.78, 5) is 45.6. The molecule has 0 bridgehead atoms. The van der Waals surface area contributed by atoms with Crippen molar-refractivity contribution >= 4 is 23.4 Å². The Kier molecular flexibility index (Phi) is 5.53. The Morgan fingerprint density at radius 3 is 2.74 bits per heavy atom. The molecule has 3 amide bonds. The number of anilines is 1. The lowest BCUT2D eigenvalue weighted by Crippen LogP contribution is -2.44. The van der Waals surface area contributed by atoms with Gasteiger partial charge in [-0.25, -0.2) is 14.8 Å². The van der Waals surface area contributed by atoms with Crippen molar-refractivity contribution in [2.24, 2.45) is 0 Å². The van der Waals surface area contributed by atoms with Gasteiger partial charge in [0.05, 0.1) is 4.92 Å². The number of hydrogen-bond acceptors (Lipinski definition) is 7. The lowest BCUT2D eigenvalue weighted by molar-refractivity contribution is -0.384. The number of non-ortho nitro benzene ring substituents is 1. The van der Waals surface area contributed by atoms with Gasteiger partial charge >= 0.3 is 6.03 Å². The number of nitrogens with zero attached hydrogens (tertiary/aromatic N) is 4. The monoisotopic (exact) mass is 424 g/mol. The number of benzene rings is 1. The first-order valence-corrected chi connectivity index (χ1v) is 10.4. The topological polar surface area (TPSA) is 130 Å². The molecule has 2 fully saturated rings. The van der Waals surface area contributed by atoms with Gasteiger partial charge in [0, 0.05) is 42.5 Å². The van der Waals surface area contributed by atoms with E-state index in [0.29, 0.717) is 49.6 Å². The zero-order valence-corrected chi connectivity index (χ0v) is 17.3. The second kappa shape index (κ2) is 8.29. The third-order valence-corrected chi connectivity index (χ3v) is 5.74. The summed E-state index contributed by atoms with van der Waals surface area (Å²) in [5.74, 6) is 0.864. The van der Waals surface area contributed by atoms with Gasteiger partial charge in [-0.05, 0) is 26.2 Å². The van der Waals surface area contributed by atoms with E-state index in [1.165, 1.54) is 17.0 Å². The van der Waals surface area contributed by atoms with Crippen LogP contribution in [0.5, 0.6) is 0 Å². The Balaban J connectivity index is 1.37. The number of rotatable bonds is 7. The molecular formula is C21H24N6O4. The number of aromatic nitrogens is 2. The summed E-state index contributed by atoms with van der Waals surface area (Å²) in [5, 5.41) is 17.1. The highest BCUT2D eigenvalue weighted by Crippen LogP contribution is 2.35. The van der Waals surface area contributed by atoms with Crippen molar-refractivity contribution in [1.29, 1.82) is 0 Å². The minimum Gasteiger partial charge on any atom is -0.370 e. The van der Waals surface area contributed by atoms with Crippen LogP contribution in [0.4, 0.5) is 16.3 Å². The van der Waals surface area contributed by atoms with Gasteiger partial charge in [0.2, 0.25) is 0 Å². The molecule has 2 N–H and O–H groups in total. The standard InChI is InChI=1S/C21H24N6O4/c1-14-12-17(24-18(23-14)15-6-4-7-16(13-15)27(30)31)22-10-5-11-26-19(28)21(25-20(26)29)8-2-3-9-21/h4,6-7,12-13H,2-3,5,8-11H2,1H3,(H,25,29)(H,22,23,24). The summed E-state index contributed by atoms with van der Waals surface area (Å²) in [6.07, 6.45) is 3.92. The third-order valence-electron chi connectivity index (χ3n) is 5.74. The number of imide groups is 1. The zero-order chi connectivity index (χ0) is 22.0. The van der Waals surface area contributed by atoms with E-state index >= 15 is 0 Å². The van der Waals surface area contributed by atoms with Gasteiger partial charge < -0.3 is 10.6 Å². The van der Waals surface area contributed by atoms with Crippen molar-refractivity contribution in [2.75, 3.05) is 18.4 Å². The molecule has 4 rings (SSSR count). The average Bonchev–Trinajstić information content (AvgIpc) is 3.30. The number of nitro benzene ring substituents is 1. The van der Waals surface area contributed by atoms with Crippen molar-refractivity contribution in [1.82, 2.24) is 20.2 Å². The molecule has 1 spiro atoms. The quantitative estimate of drug-likeness (QED) is 0.302. The van der Waals surface area contributed by atoms with Crippen LogP contribution in [-0.2, 0) is 4.79 Å². The highest BCUT2D eigenvalue weighted by Gasteiger charge is 2.51. The molecule has 10 nitrogen and oxygen atoms in total. The minimum absolute atomic E-state index is 0.0225. The van der Waals surface area contributed by atoms with Crippen molar-refractivity contribution in [3.63, 3.8) is 0 Å². The van der Waals surface area contributed by atoms with E-state index in [2.05, 4.69) is 20.6 Å². The molecule has 1 aromatic heterocycles. The molecule has 2 aliphatic rings. The summed E-state index contributed by atoms with van der Waals surface area (Å²) in [6.45, 7) is 2.66. The molecule has 1 saturated heterocycles. The number of urea groups is 1. The second-order valence-electron chi connectivity index (χ2n) is 7.98. The fourth-order valence-corrected chi connectivity index (χ4v) is 4.20. The highest BCUT2D eigenvalue weighted by atomic mass is 16.6. The number of nitro groups is 1. The molecule has 10 heteroatoms. The first-order valence-electron chi connectivity index (χ1n) is 10.4. The van der Waals surface area contributed by atoms with E-state index in [1.54, 1.807) is 18.2 Å². The molecule has 1 aromatic carbocycles. The average molecular weight is 424 g/mol. The van der Waals surface area contributed by atoms with E-state index in [9.17, 15) is 19.7 Å². The lowest BCUT2D eigenvalue weighted by atomic mass is 9.98. The lowest BCUT2D eigenvalue weighted by Gasteiger charge is -2.20. The van der Waals surface area contributed by atoms with Gasteiger partial charge in [-0.3, -0.25) is 19.8 Å². The molecule has 2 aromatic rings. The van der Waals surface area contributed by atoms with E-state index < -0.39 is 10.5 Å². The minimum atomic E-state index is -0.679. The van der Waals surface area contributed by atoms with Gasteiger partial charge in [0.15, 0.2) is 5.82 Å². The van der Waals surface area contributed by atoms with Gasteiger partial charge in [-0.15, -0.1) is 0 Å². The normalized spacial score (nSPS) is 17.3. The Morgan fingerprint density at radius 1 is 1.23 bits per heavy atom. The van der Waals surface area contributed by atoms with Crippen LogP contribution < -0.4 is 10.6 Å². The van der Waals surface area contributed by atoms with Gasteiger partial charge in [0.1, 0.15) is 11.4 Å². The van der Waals surface area contributed by atoms with Crippen LogP contribution in [0.2, 0.25) is 0 Å². The van der Waals surface area contributed by atoms with E-state index in [4.69, 9.17) is 0 Å². The van der Waals surface area contributed by atoms with Crippen molar-refractivity contribution in [3.8, 4) is 11.4 Å². The fourth-order valence-electron chi connectivity index (χ4n) is 4.20. The first-order chi connectivity index (χ1) is 14.9. The van der Waals surface area contributed by atoms with Gasteiger partial charge in [0.25, 0.3) is 11.6 Å². The van der Waals surface area contributed by atoms with Crippen molar-refractivity contribution < 1.29 is 14.5 Å². The number of nitrogens with one attached hydrogen (secondary N) is 2. The zero-order valence-electron chi connectivity index (χ0n) is 17.3. The summed E-state index contributed by atoms with van der Waals surface area (Å²) in [6, 6.07) is 7.66. The molecule has 1 aliphatic carbocycles. The maximum Gasteiger partial charge on any atom is 0.325 e. The molecule has 0 unspecified atom stereocenters. The maximum atomic E-state index is 12.7. The maximum absolute atomic E-state index is 12.7. The Hall–Kier alpha value is -3.56. The SMILES string of the molecule is Cc1cc(NCCCN2C(=O)NC3(CCCC3)C2=O)nc(-c2cccc([N+](=O)[O-])c2)n1. The molecule has 0 radical (unpaired) electrons. The number of carbonyl (C=O) groups excluding carboxylic acids is 2. The van der Waals surface area contributed by atoms with Crippen LogP contribution in [0.1, 0.15) is 37.8 Å². The summed E-state index contributed by atoms with van der Waals surface area (Å²) < 4.78 is 0. The molecular weight excluding hydrogens is 400 g/mol. The smallest absolute Gasteiger partial charge is 0.325 e. The molecule has 31 heavy (non-hydrogen) atoms. The Bertz CT molecular complexity index is 1030. The van der Waals surface area contributed by atoms with Crippen molar-refractivity contribution in [2.45, 2.75) is 44.6 Å². The number of hydrogen-bond donors (Lipinski definition) is 2. The fraction of sp³-hybridized carbons (Fsp3) is 0.429. The van der Waals surface area contributed by atoms with Gasteiger partial charge in [-0.2, -0.15) is 0 Å². The molecule has 0 atom stereocenters. The van der Waals surface area contributed by atoms with Crippen LogP contribution in [0.25, 0.3) is 11.4 Å². The number of aryl methyl sites for hydroxylation is 1. The Labute approximate surface area is 179 Å². The number of carbonyl (C=O) groups is 2. The molecule has 1 aliphatic heterocycles. The molecule has 2 heterocycles. The van der Waals surface area contributed by atoms with Crippen LogP contribution in [-0.4, -0.2) is 50.4 Å². The predicted octanol–water partition coefficient (Wildman–Crippen LogP) is 3.03. The van der Waals surface area contributed by atoms with Crippen LogP contribution in [0.15, 0.2) is 30.3 Å². The largest absolute Gasteiger partial charge is 0.370 e. The van der Waals surface area contributed by atoms with E-state index in [-0.39, 0.29) is 17.6 Å². The van der Waals surface area contributed by atoms with Crippen LogP contribution in [0.3, 0.4) is 0 Å². The van der Waals surface area contributed by atoms with E-state index in [1.807, 2.05) is 6.92 Å². The number of amides is 3. The second-order valence-corrected chi connectivity index (χ2v) is 7.98.